The Balaban J connectivity index is 1.96. The second kappa shape index (κ2) is 5.69. The largest absolute Gasteiger partial charge is 0.370 e. The van der Waals surface area contributed by atoms with E-state index in [4.69, 9.17) is 5.73 Å². The zero-order chi connectivity index (χ0) is 14.8. The summed E-state index contributed by atoms with van der Waals surface area (Å²) in [4.78, 5) is 8.83. The number of nitrogens with zero attached hydrogens (tertiary/aromatic N) is 3. The van der Waals surface area contributed by atoms with Crippen LogP contribution in [-0.2, 0) is 0 Å². The molecule has 1 aromatic carbocycles. The molecule has 1 heterocycles. The normalized spacial score (nSPS) is 17.5. The lowest BCUT2D eigenvalue weighted by molar-refractivity contribution is 0.375. The molecule has 1 aliphatic rings. The zero-order valence-electron chi connectivity index (χ0n) is 12.4. The molecule has 0 unspecified atom stereocenters. The number of aliphatic imine (C=N–C) groups is 1. The maximum atomic E-state index is 12.9. The van der Waals surface area contributed by atoms with Gasteiger partial charge in [0.25, 0.3) is 0 Å². The van der Waals surface area contributed by atoms with E-state index in [1.165, 1.54) is 12.1 Å². The quantitative estimate of drug-likeness (QED) is 0.632. The summed E-state index contributed by atoms with van der Waals surface area (Å²) in [5.41, 5.74) is 6.94. The fourth-order valence-corrected chi connectivity index (χ4v) is 2.26. The first-order valence-corrected chi connectivity index (χ1v) is 6.96. The summed E-state index contributed by atoms with van der Waals surface area (Å²) in [5.74, 6) is 0.408. The Morgan fingerprint density at radius 2 is 1.65 bits per heavy atom. The minimum Gasteiger partial charge on any atom is -0.370 e. The number of guanidine groups is 1. The van der Waals surface area contributed by atoms with Crippen molar-refractivity contribution < 1.29 is 4.39 Å². The molecule has 1 aromatic rings. The summed E-state index contributed by atoms with van der Waals surface area (Å²) < 4.78 is 12.9. The molecule has 1 aliphatic heterocycles. The van der Waals surface area contributed by atoms with Crippen LogP contribution in [0.25, 0.3) is 0 Å². The maximum Gasteiger partial charge on any atom is 0.191 e. The molecule has 0 aliphatic carbocycles. The minimum atomic E-state index is -0.200. The molecule has 1 saturated heterocycles. The van der Waals surface area contributed by atoms with E-state index in [-0.39, 0.29) is 11.4 Å². The third kappa shape index (κ3) is 3.85. The van der Waals surface area contributed by atoms with Gasteiger partial charge in [-0.2, -0.15) is 0 Å². The summed E-state index contributed by atoms with van der Waals surface area (Å²) in [6, 6.07) is 6.63. The van der Waals surface area contributed by atoms with Gasteiger partial charge in [0.2, 0.25) is 0 Å². The summed E-state index contributed by atoms with van der Waals surface area (Å²) >= 11 is 0. The van der Waals surface area contributed by atoms with Crippen LogP contribution >= 0.6 is 0 Å². The fourth-order valence-electron chi connectivity index (χ4n) is 2.26. The van der Waals surface area contributed by atoms with Gasteiger partial charge in [0, 0.05) is 31.9 Å². The van der Waals surface area contributed by atoms with Gasteiger partial charge in [-0.25, -0.2) is 9.38 Å². The number of piperazine rings is 1. The first kappa shape index (κ1) is 14.6. The monoisotopic (exact) mass is 278 g/mol. The van der Waals surface area contributed by atoms with E-state index in [9.17, 15) is 4.39 Å². The molecule has 0 saturated carbocycles. The van der Waals surface area contributed by atoms with Crippen molar-refractivity contribution in [3.63, 3.8) is 0 Å². The average molecular weight is 278 g/mol. The van der Waals surface area contributed by atoms with E-state index >= 15 is 0 Å². The third-order valence-corrected chi connectivity index (χ3v) is 3.25. The number of hydrogen-bond acceptors (Lipinski definition) is 2. The van der Waals surface area contributed by atoms with E-state index in [0.29, 0.717) is 5.96 Å². The van der Waals surface area contributed by atoms with Crippen LogP contribution < -0.4 is 10.6 Å². The van der Waals surface area contributed by atoms with Crippen molar-refractivity contribution >= 4 is 11.6 Å². The molecule has 0 atom stereocenters. The van der Waals surface area contributed by atoms with Crippen LogP contribution in [-0.4, -0.2) is 42.6 Å². The molecule has 20 heavy (non-hydrogen) atoms. The van der Waals surface area contributed by atoms with Crippen molar-refractivity contribution in [2.45, 2.75) is 26.3 Å². The molecule has 0 aromatic heterocycles. The molecule has 0 bridgehead atoms. The Labute approximate surface area is 120 Å². The lowest BCUT2D eigenvalue weighted by Gasteiger charge is -2.37. The lowest BCUT2D eigenvalue weighted by atomic mass is 10.1. The molecule has 4 nitrogen and oxygen atoms in total. The topological polar surface area (TPSA) is 44.9 Å². The van der Waals surface area contributed by atoms with E-state index in [2.05, 4.69) is 14.8 Å². The van der Waals surface area contributed by atoms with Crippen LogP contribution in [0.1, 0.15) is 20.8 Å². The standard InChI is InChI=1S/C15H23FN4/c1-15(2,3)18-14(17)20-10-8-19(9-11-20)13-6-4-12(16)5-7-13/h4-7H,8-11H2,1-3H3,(H2,17,18). The van der Waals surface area contributed by atoms with Crippen molar-refractivity contribution in [3.05, 3.63) is 30.1 Å². The fraction of sp³-hybridized carbons (Fsp3) is 0.533. The number of benzene rings is 1. The number of anilines is 1. The molecule has 2 N–H and O–H groups in total. The van der Waals surface area contributed by atoms with Gasteiger partial charge in [0.15, 0.2) is 5.96 Å². The molecular weight excluding hydrogens is 255 g/mol. The summed E-state index contributed by atoms with van der Waals surface area (Å²) in [6.07, 6.45) is 0. The van der Waals surface area contributed by atoms with Crippen LogP contribution in [0.2, 0.25) is 0 Å². The van der Waals surface area contributed by atoms with Crippen LogP contribution in [0.15, 0.2) is 29.3 Å². The van der Waals surface area contributed by atoms with E-state index in [1.807, 2.05) is 32.9 Å². The van der Waals surface area contributed by atoms with E-state index in [1.54, 1.807) is 0 Å². The highest BCUT2D eigenvalue weighted by atomic mass is 19.1. The van der Waals surface area contributed by atoms with Crippen LogP contribution in [0.5, 0.6) is 0 Å². The number of nitrogens with two attached hydrogens (primary N) is 1. The zero-order valence-corrected chi connectivity index (χ0v) is 12.4. The molecular formula is C15H23FN4. The average Bonchev–Trinajstić information content (AvgIpc) is 2.38. The Morgan fingerprint density at radius 3 is 2.15 bits per heavy atom. The molecule has 5 heteroatoms. The molecule has 0 radical (unpaired) electrons. The Kier molecular flexibility index (Phi) is 4.16. The van der Waals surface area contributed by atoms with Crippen molar-refractivity contribution in [1.29, 1.82) is 0 Å². The molecule has 2 rings (SSSR count). The first-order chi connectivity index (χ1) is 9.35. The molecule has 110 valence electrons. The van der Waals surface area contributed by atoms with Crippen molar-refractivity contribution in [1.82, 2.24) is 4.90 Å². The second-order valence-electron chi connectivity index (χ2n) is 6.09. The lowest BCUT2D eigenvalue weighted by Crippen LogP contribution is -2.51. The van der Waals surface area contributed by atoms with Gasteiger partial charge in [-0.15, -0.1) is 0 Å². The number of halogens is 1. The molecule has 0 amide bonds. The van der Waals surface area contributed by atoms with E-state index < -0.39 is 0 Å². The highest BCUT2D eigenvalue weighted by molar-refractivity contribution is 5.78. The van der Waals surface area contributed by atoms with Crippen molar-refractivity contribution in [2.75, 3.05) is 31.1 Å². The summed E-state index contributed by atoms with van der Waals surface area (Å²) in [6.45, 7) is 9.52. The van der Waals surface area contributed by atoms with Gasteiger partial charge in [-0.05, 0) is 45.0 Å². The van der Waals surface area contributed by atoms with Gasteiger partial charge in [0.05, 0.1) is 5.54 Å². The smallest absolute Gasteiger partial charge is 0.191 e. The van der Waals surface area contributed by atoms with Crippen LogP contribution in [0.4, 0.5) is 10.1 Å². The highest BCUT2D eigenvalue weighted by Crippen LogP contribution is 2.17. The third-order valence-electron chi connectivity index (χ3n) is 3.25. The Morgan fingerprint density at radius 1 is 1.10 bits per heavy atom. The van der Waals surface area contributed by atoms with Gasteiger partial charge in [-0.3, -0.25) is 0 Å². The van der Waals surface area contributed by atoms with E-state index in [0.717, 1.165) is 31.9 Å². The van der Waals surface area contributed by atoms with Gasteiger partial charge in [-0.1, -0.05) is 0 Å². The molecule has 0 spiro atoms. The number of hydrogen-bond donors (Lipinski definition) is 1. The minimum absolute atomic E-state index is 0.155. The van der Waals surface area contributed by atoms with Crippen molar-refractivity contribution in [3.8, 4) is 0 Å². The van der Waals surface area contributed by atoms with Gasteiger partial charge < -0.3 is 15.5 Å². The van der Waals surface area contributed by atoms with Crippen LogP contribution in [0.3, 0.4) is 0 Å². The molecule has 1 fully saturated rings. The van der Waals surface area contributed by atoms with Crippen molar-refractivity contribution in [2.24, 2.45) is 10.7 Å². The number of rotatable bonds is 1. The van der Waals surface area contributed by atoms with Gasteiger partial charge in [0.1, 0.15) is 5.82 Å². The maximum absolute atomic E-state index is 12.9. The second-order valence-corrected chi connectivity index (χ2v) is 6.09. The SMILES string of the molecule is CC(C)(C)N=C(N)N1CCN(c2ccc(F)cc2)CC1. The summed E-state index contributed by atoms with van der Waals surface area (Å²) in [7, 11) is 0. The van der Waals surface area contributed by atoms with Crippen LogP contribution in [0, 0.1) is 5.82 Å². The summed E-state index contributed by atoms with van der Waals surface area (Å²) in [5, 5.41) is 0. The van der Waals surface area contributed by atoms with Gasteiger partial charge >= 0.3 is 0 Å². The Hall–Kier alpha value is -1.78. The Bertz CT molecular complexity index is 468. The highest BCUT2D eigenvalue weighted by Gasteiger charge is 2.20. The first-order valence-electron chi connectivity index (χ1n) is 6.96. The predicted octanol–water partition coefficient (Wildman–Crippen LogP) is 2.06. The predicted molar refractivity (Wildman–Crippen MR) is 81.6 cm³/mol.